The highest BCUT2D eigenvalue weighted by molar-refractivity contribution is 5.96. The molecule has 2 aliphatic rings. The first kappa shape index (κ1) is 26.9. The molecule has 1 aliphatic heterocycles. The zero-order valence-corrected chi connectivity index (χ0v) is 21.4. The number of carbonyl (C=O) groups is 3. The maximum atomic E-state index is 14.0. The van der Waals surface area contributed by atoms with Gasteiger partial charge in [-0.15, -0.1) is 0 Å². The highest BCUT2D eigenvalue weighted by atomic mass is 16.5. The number of nitrogens with zero attached hydrogens (tertiary/aromatic N) is 1. The van der Waals surface area contributed by atoms with Gasteiger partial charge in [0.1, 0.15) is 6.04 Å². The van der Waals surface area contributed by atoms with Crippen molar-refractivity contribution in [3.63, 3.8) is 0 Å². The van der Waals surface area contributed by atoms with E-state index in [0.29, 0.717) is 13.0 Å². The molecule has 7 heteroatoms. The molecule has 7 nitrogen and oxygen atoms in total. The molecule has 1 fully saturated rings. The summed E-state index contributed by atoms with van der Waals surface area (Å²) in [4.78, 5) is 42.3. The number of benzene rings is 1. The first-order valence-corrected chi connectivity index (χ1v) is 12.9. The van der Waals surface area contributed by atoms with Crippen LogP contribution in [0.15, 0.2) is 42.5 Å². The van der Waals surface area contributed by atoms with Gasteiger partial charge < -0.3 is 20.1 Å². The lowest BCUT2D eigenvalue weighted by atomic mass is 9.69. The highest BCUT2D eigenvalue weighted by Gasteiger charge is 2.58. The average molecular weight is 485 g/mol. The van der Waals surface area contributed by atoms with Gasteiger partial charge in [-0.25, -0.2) is 0 Å². The van der Waals surface area contributed by atoms with Crippen molar-refractivity contribution in [1.29, 1.82) is 0 Å². The molecule has 2 N–H and O–H groups in total. The molecule has 1 saturated heterocycles. The van der Waals surface area contributed by atoms with Crippen LogP contribution in [0.25, 0.3) is 0 Å². The zero-order valence-electron chi connectivity index (χ0n) is 21.4. The number of aliphatic hydroxyl groups is 1. The fraction of sp³-hybridized carbons (Fsp3) is 0.607. The number of hydrogen-bond donors (Lipinski definition) is 2. The van der Waals surface area contributed by atoms with E-state index >= 15 is 0 Å². The van der Waals surface area contributed by atoms with Gasteiger partial charge in [0, 0.05) is 12.5 Å². The summed E-state index contributed by atoms with van der Waals surface area (Å²) in [6.45, 7) is 8.20. The summed E-state index contributed by atoms with van der Waals surface area (Å²) >= 11 is 0. The molecule has 3 rings (SSSR count). The van der Waals surface area contributed by atoms with Crippen LogP contribution in [0.3, 0.4) is 0 Å². The normalized spacial score (nSPS) is 26.5. The fourth-order valence-electron chi connectivity index (χ4n) is 5.72. The Morgan fingerprint density at radius 1 is 1.14 bits per heavy atom. The SMILES string of the molecule is CCC[C@@H]1C=C[C@H]2[C@@H](C(=O)N([C@@H](CO)CC(C)C)[C@@H]2C(=O)NCc2ccccc2)[C@@H]1C(=O)OCC. The molecule has 0 saturated carbocycles. The van der Waals surface area contributed by atoms with Crippen LogP contribution in [0.2, 0.25) is 0 Å². The Hall–Kier alpha value is -2.67. The predicted octanol–water partition coefficient (Wildman–Crippen LogP) is 3.32. The van der Waals surface area contributed by atoms with Crippen molar-refractivity contribution in [3.05, 3.63) is 48.0 Å². The van der Waals surface area contributed by atoms with E-state index in [4.69, 9.17) is 4.74 Å². The van der Waals surface area contributed by atoms with E-state index in [0.717, 1.165) is 18.4 Å². The summed E-state index contributed by atoms with van der Waals surface area (Å²) in [5.41, 5.74) is 0.959. The lowest BCUT2D eigenvalue weighted by Crippen LogP contribution is -2.52. The molecule has 0 bridgehead atoms. The van der Waals surface area contributed by atoms with Crippen LogP contribution < -0.4 is 5.32 Å². The number of aliphatic hydroxyl groups excluding tert-OH is 1. The summed E-state index contributed by atoms with van der Waals surface area (Å²) < 4.78 is 5.41. The number of amides is 2. The third-order valence-corrected chi connectivity index (χ3v) is 7.15. The van der Waals surface area contributed by atoms with Crippen molar-refractivity contribution in [1.82, 2.24) is 10.2 Å². The molecule has 6 atom stereocenters. The number of esters is 1. The Morgan fingerprint density at radius 2 is 1.86 bits per heavy atom. The van der Waals surface area contributed by atoms with Gasteiger partial charge in [-0.3, -0.25) is 14.4 Å². The molecule has 0 unspecified atom stereocenters. The minimum absolute atomic E-state index is 0.116. The summed E-state index contributed by atoms with van der Waals surface area (Å²) in [5, 5.41) is 13.3. The third-order valence-electron chi connectivity index (χ3n) is 7.15. The number of likely N-dealkylation sites (tertiary alicyclic amines) is 1. The van der Waals surface area contributed by atoms with Crippen molar-refractivity contribution in [2.45, 2.75) is 65.6 Å². The van der Waals surface area contributed by atoms with Crippen molar-refractivity contribution in [2.75, 3.05) is 13.2 Å². The molecule has 1 aromatic rings. The fourth-order valence-corrected chi connectivity index (χ4v) is 5.72. The number of fused-ring (bicyclic) bond motifs is 1. The Labute approximate surface area is 208 Å². The highest BCUT2D eigenvalue weighted by Crippen LogP contribution is 2.46. The van der Waals surface area contributed by atoms with E-state index in [1.807, 2.05) is 56.3 Å². The van der Waals surface area contributed by atoms with Crippen LogP contribution in [-0.2, 0) is 25.7 Å². The smallest absolute Gasteiger partial charge is 0.310 e. The second kappa shape index (κ2) is 12.3. The van der Waals surface area contributed by atoms with Gasteiger partial charge in [-0.1, -0.05) is 69.7 Å². The Balaban J connectivity index is 1.98. The van der Waals surface area contributed by atoms with Crippen molar-refractivity contribution in [3.8, 4) is 0 Å². The third kappa shape index (κ3) is 5.95. The topological polar surface area (TPSA) is 95.9 Å². The summed E-state index contributed by atoms with van der Waals surface area (Å²) in [7, 11) is 0. The van der Waals surface area contributed by atoms with Crippen LogP contribution in [-0.4, -0.2) is 53.1 Å². The van der Waals surface area contributed by atoms with Crippen LogP contribution >= 0.6 is 0 Å². The van der Waals surface area contributed by atoms with E-state index in [-0.39, 0.29) is 42.8 Å². The quantitative estimate of drug-likeness (QED) is 0.371. The van der Waals surface area contributed by atoms with Gasteiger partial charge in [-0.2, -0.15) is 0 Å². The molecule has 1 heterocycles. The molecule has 2 amide bonds. The lowest BCUT2D eigenvalue weighted by Gasteiger charge is -2.34. The van der Waals surface area contributed by atoms with E-state index in [2.05, 4.69) is 12.2 Å². The lowest BCUT2D eigenvalue weighted by molar-refractivity contribution is -0.156. The van der Waals surface area contributed by atoms with Crippen LogP contribution in [0.4, 0.5) is 0 Å². The predicted molar refractivity (Wildman–Crippen MR) is 134 cm³/mol. The van der Waals surface area contributed by atoms with Gasteiger partial charge in [0.15, 0.2) is 0 Å². The summed E-state index contributed by atoms with van der Waals surface area (Å²) in [5.74, 6) is -2.55. The maximum absolute atomic E-state index is 14.0. The number of allylic oxidation sites excluding steroid dienone is 1. The Bertz CT molecular complexity index is 900. The minimum Gasteiger partial charge on any atom is -0.466 e. The van der Waals surface area contributed by atoms with Crippen LogP contribution in [0.1, 0.15) is 52.5 Å². The number of ether oxygens (including phenoxy) is 1. The van der Waals surface area contributed by atoms with Gasteiger partial charge >= 0.3 is 5.97 Å². The molecular weight excluding hydrogens is 444 g/mol. The number of carbonyl (C=O) groups excluding carboxylic acids is 3. The molecule has 0 aromatic heterocycles. The molecule has 1 aromatic carbocycles. The van der Waals surface area contributed by atoms with E-state index in [9.17, 15) is 19.5 Å². The molecule has 0 spiro atoms. The van der Waals surface area contributed by atoms with Crippen molar-refractivity contribution in [2.24, 2.45) is 29.6 Å². The minimum atomic E-state index is -0.789. The molecule has 0 radical (unpaired) electrons. The number of rotatable bonds is 11. The standard InChI is InChI=1S/C28H40N2O5/c1-5-10-20-13-14-22-24(23(20)28(34)35-6-2)27(33)30(21(17-31)15-18(3)4)25(22)26(32)29-16-19-11-8-7-9-12-19/h7-9,11-14,18,20-25,31H,5-6,10,15-17H2,1-4H3,(H,29,32)/t20-,21-,22+,23-,24-,25+/m1/s1. The summed E-state index contributed by atoms with van der Waals surface area (Å²) in [6, 6.07) is 8.32. The monoisotopic (exact) mass is 484 g/mol. The van der Waals surface area contributed by atoms with Gasteiger partial charge in [0.25, 0.3) is 0 Å². The van der Waals surface area contributed by atoms with Gasteiger partial charge in [-0.05, 0) is 37.2 Å². The first-order valence-electron chi connectivity index (χ1n) is 12.9. The van der Waals surface area contributed by atoms with E-state index in [1.54, 1.807) is 11.8 Å². The first-order chi connectivity index (χ1) is 16.8. The average Bonchev–Trinajstić information content (AvgIpc) is 3.14. The maximum Gasteiger partial charge on any atom is 0.310 e. The molecule has 192 valence electrons. The largest absolute Gasteiger partial charge is 0.466 e. The van der Waals surface area contributed by atoms with Gasteiger partial charge in [0.2, 0.25) is 11.8 Å². The van der Waals surface area contributed by atoms with Crippen LogP contribution in [0.5, 0.6) is 0 Å². The Morgan fingerprint density at radius 3 is 2.46 bits per heavy atom. The van der Waals surface area contributed by atoms with E-state index < -0.39 is 29.8 Å². The summed E-state index contributed by atoms with van der Waals surface area (Å²) in [6.07, 6.45) is 6.15. The van der Waals surface area contributed by atoms with Gasteiger partial charge in [0.05, 0.1) is 31.1 Å². The van der Waals surface area contributed by atoms with Crippen molar-refractivity contribution < 1.29 is 24.2 Å². The van der Waals surface area contributed by atoms with Crippen molar-refractivity contribution >= 4 is 17.8 Å². The zero-order chi connectivity index (χ0) is 25.5. The number of nitrogens with one attached hydrogen (secondary N) is 1. The Kier molecular flexibility index (Phi) is 9.49. The second-order valence-corrected chi connectivity index (χ2v) is 10.1. The number of hydrogen-bond acceptors (Lipinski definition) is 5. The molecule has 1 aliphatic carbocycles. The molecular formula is C28H40N2O5. The van der Waals surface area contributed by atoms with Crippen LogP contribution in [0, 0.1) is 29.6 Å². The molecule has 35 heavy (non-hydrogen) atoms. The van der Waals surface area contributed by atoms with E-state index in [1.165, 1.54) is 0 Å². The second-order valence-electron chi connectivity index (χ2n) is 10.1.